The molecule has 3 atom stereocenters. The topological polar surface area (TPSA) is 0 Å². The zero-order chi connectivity index (χ0) is 18.5. The van der Waals surface area contributed by atoms with Crippen LogP contribution < -0.4 is 0 Å². The average molecular weight is 323 g/mol. The monoisotopic (exact) mass is 322 g/mol. The molecule has 0 aliphatic heterocycles. The normalized spacial score (nSPS) is 22.8. The second kappa shape index (κ2) is 12.5. The fourth-order valence-corrected chi connectivity index (χ4v) is 2.71. The molecule has 1 aromatic carbocycles. The summed E-state index contributed by atoms with van der Waals surface area (Å²) in [7, 11) is 0. The van der Waals surface area contributed by atoms with Crippen LogP contribution in [-0.4, -0.2) is 0 Å². The highest BCUT2D eigenvalue weighted by Crippen LogP contribution is 2.35. The minimum Gasteiger partial charge on any atom is -0.0979 e. The molecule has 0 saturated carbocycles. The number of benzene rings is 1. The highest BCUT2D eigenvalue weighted by Gasteiger charge is 2.24. The van der Waals surface area contributed by atoms with Crippen molar-refractivity contribution in [3.63, 3.8) is 0 Å². The van der Waals surface area contributed by atoms with Crippen molar-refractivity contribution in [2.75, 3.05) is 0 Å². The molecule has 2 rings (SSSR count). The lowest BCUT2D eigenvalue weighted by Gasteiger charge is -2.27. The van der Waals surface area contributed by atoms with E-state index in [9.17, 15) is 0 Å². The van der Waals surface area contributed by atoms with Gasteiger partial charge in [0, 0.05) is 12.3 Å². The third kappa shape index (κ3) is 6.68. The fraction of sp³-hybridized carbons (Fsp3) is 0.500. The molecule has 0 heteroatoms. The number of rotatable bonds is 1. The van der Waals surface area contributed by atoms with Crippen molar-refractivity contribution in [3.05, 3.63) is 47.0 Å². The van der Waals surface area contributed by atoms with Gasteiger partial charge in [-0.2, -0.15) is 0 Å². The molecule has 24 heavy (non-hydrogen) atoms. The Labute approximate surface area is 150 Å². The molecule has 0 radical (unpaired) electrons. The Bertz CT molecular complexity index is 625. The smallest absolute Gasteiger partial charge is 0.0209 e. The van der Waals surface area contributed by atoms with E-state index in [2.05, 4.69) is 69.6 Å². The standard InChI is InChI=1S/C20H22.2C2H6/c1-15-12-13-17(3)20(14-15)19-11-9-7-5-6-8-10-16(2)18(19)4;2*1-2/h5-6,12-14,16,18-19H,11H2,1-4H3;2*1-2H3/b6-5-;;. The molecule has 0 saturated heterocycles. The van der Waals surface area contributed by atoms with Gasteiger partial charge in [0.2, 0.25) is 0 Å². The second-order valence-electron chi connectivity index (χ2n) is 5.76. The van der Waals surface area contributed by atoms with E-state index in [-0.39, 0.29) is 0 Å². The maximum atomic E-state index is 3.33. The van der Waals surface area contributed by atoms with Crippen LogP contribution in [0.1, 0.15) is 70.6 Å². The van der Waals surface area contributed by atoms with Gasteiger partial charge >= 0.3 is 0 Å². The first-order valence-corrected chi connectivity index (χ1v) is 9.31. The van der Waals surface area contributed by atoms with Crippen LogP contribution in [0.4, 0.5) is 0 Å². The van der Waals surface area contributed by atoms with Crippen LogP contribution in [0.15, 0.2) is 30.4 Å². The molecule has 0 heterocycles. The van der Waals surface area contributed by atoms with E-state index in [4.69, 9.17) is 0 Å². The summed E-state index contributed by atoms with van der Waals surface area (Å²) in [6.45, 7) is 16.9. The Morgan fingerprint density at radius 1 is 0.917 bits per heavy atom. The molecular formula is C24H34. The number of aryl methyl sites for hydroxylation is 2. The van der Waals surface area contributed by atoms with Gasteiger partial charge < -0.3 is 0 Å². The summed E-state index contributed by atoms with van der Waals surface area (Å²) in [5.74, 6) is 14.2. The van der Waals surface area contributed by atoms with Crippen LogP contribution in [0.2, 0.25) is 0 Å². The van der Waals surface area contributed by atoms with Crippen LogP contribution in [-0.2, 0) is 0 Å². The van der Waals surface area contributed by atoms with Crippen molar-refractivity contribution in [3.8, 4) is 23.7 Å². The molecule has 0 amide bonds. The molecule has 130 valence electrons. The van der Waals surface area contributed by atoms with Gasteiger partial charge in [-0.15, -0.1) is 0 Å². The molecule has 1 aromatic rings. The van der Waals surface area contributed by atoms with Gasteiger partial charge in [-0.1, -0.05) is 89.0 Å². The van der Waals surface area contributed by atoms with Crippen LogP contribution >= 0.6 is 0 Å². The third-order valence-electron chi connectivity index (χ3n) is 4.24. The summed E-state index contributed by atoms with van der Waals surface area (Å²) in [5.41, 5.74) is 4.12. The van der Waals surface area contributed by atoms with Gasteiger partial charge in [0.15, 0.2) is 0 Å². The van der Waals surface area contributed by atoms with Crippen molar-refractivity contribution in [1.29, 1.82) is 0 Å². The summed E-state index contributed by atoms with van der Waals surface area (Å²) >= 11 is 0. The fourth-order valence-electron chi connectivity index (χ4n) is 2.71. The Morgan fingerprint density at radius 2 is 1.54 bits per heavy atom. The van der Waals surface area contributed by atoms with E-state index in [1.54, 1.807) is 0 Å². The predicted molar refractivity (Wildman–Crippen MR) is 109 cm³/mol. The van der Waals surface area contributed by atoms with E-state index in [1.165, 1.54) is 16.7 Å². The number of allylic oxidation sites excluding steroid dienone is 2. The molecule has 0 fully saturated rings. The van der Waals surface area contributed by atoms with Crippen molar-refractivity contribution in [1.82, 2.24) is 0 Å². The largest absolute Gasteiger partial charge is 0.0979 e. The molecule has 1 aliphatic carbocycles. The number of hydrogen-bond acceptors (Lipinski definition) is 0. The van der Waals surface area contributed by atoms with Crippen LogP contribution in [0, 0.1) is 49.4 Å². The predicted octanol–water partition coefficient (Wildman–Crippen LogP) is 6.68. The molecule has 0 bridgehead atoms. The molecule has 0 N–H and O–H groups in total. The van der Waals surface area contributed by atoms with Crippen molar-refractivity contribution in [2.24, 2.45) is 11.8 Å². The molecule has 0 aromatic heterocycles. The first-order chi connectivity index (χ1) is 11.6. The highest BCUT2D eigenvalue weighted by molar-refractivity contribution is 5.36. The minimum atomic E-state index is 0.379. The zero-order valence-corrected chi connectivity index (χ0v) is 16.8. The molecule has 1 aliphatic rings. The lowest BCUT2D eigenvalue weighted by molar-refractivity contribution is 0.387. The summed E-state index contributed by atoms with van der Waals surface area (Å²) in [5, 5.41) is 0. The third-order valence-corrected chi connectivity index (χ3v) is 4.24. The Morgan fingerprint density at radius 3 is 2.21 bits per heavy atom. The van der Waals surface area contributed by atoms with E-state index < -0.39 is 0 Å². The van der Waals surface area contributed by atoms with E-state index in [0.717, 1.165) is 6.42 Å². The lowest BCUT2D eigenvalue weighted by Crippen LogP contribution is -2.17. The van der Waals surface area contributed by atoms with Crippen LogP contribution in [0.25, 0.3) is 0 Å². The summed E-state index contributed by atoms with van der Waals surface area (Å²) in [4.78, 5) is 0. The van der Waals surface area contributed by atoms with Crippen molar-refractivity contribution in [2.45, 2.75) is 67.7 Å². The SMILES string of the molecule is CC.CC.Cc1ccc(C)c(C2CC#C/C=C\C#CC(C)C2C)c1. The van der Waals surface area contributed by atoms with Crippen molar-refractivity contribution < 1.29 is 0 Å². The maximum absolute atomic E-state index is 3.33. The Kier molecular flexibility index (Phi) is 11.5. The van der Waals surface area contributed by atoms with Gasteiger partial charge in [0.1, 0.15) is 0 Å². The Balaban J connectivity index is 0.00000123. The summed E-state index contributed by atoms with van der Waals surface area (Å²) in [6.07, 6.45) is 4.62. The van der Waals surface area contributed by atoms with Gasteiger partial charge in [-0.3, -0.25) is 0 Å². The maximum Gasteiger partial charge on any atom is 0.0209 e. The van der Waals surface area contributed by atoms with Gasteiger partial charge in [0.05, 0.1) is 0 Å². The van der Waals surface area contributed by atoms with Gasteiger partial charge in [0.25, 0.3) is 0 Å². The van der Waals surface area contributed by atoms with Crippen LogP contribution in [0.3, 0.4) is 0 Å². The summed E-state index contributed by atoms with van der Waals surface area (Å²) in [6, 6.07) is 6.72. The molecule has 0 spiro atoms. The van der Waals surface area contributed by atoms with Crippen LogP contribution in [0.5, 0.6) is 0 Å². The summed E-state index contributed by atoms with van der Waals surface area (Å²) < 4.78 is 0. The second-order valence-corrected chi connectivity index (χ2v) is 5.76. The van der Waals surface area contributed by atoms with E-state index in [1.807, 2.05) is 39.8 Å². The minimum absolute atomic E-state index is 0.379. The Hall–Kier alpha value is -1.92. The van der Waals surface area contributed by atoms with Gasteiger partial charge in [-0.05, 0) is 49.0 Å². The quantitative estimate of drug-likeness (QED) is 0.506. The first kappa shape index (κ1) is 22.1. The zero-order valence-electron chi connectivity index (χ0n) is 16.8. The van der Waals surface area contributed by atoms with Gasteiger partial charge in [-0.25, -0.2) is 0 Å². The molecule has 0 nitrogen and oxygen atoms in total. The van der Waals surface area contributed by atoms with E-state index in [0.29, 0.717) is 17.8 Å². The average Bonchev–Trinajstić information content (AvgIpc) is 2.62. The lowest BCUT2D eigenvalue weighted by atomic mass is 9.76. The van der Waals surface area contributed by atoms with Crippen molar-refractivity contribution >= 4 is 0 Å². The number of hydrogen-bond donors (Lipinski definition) is 0. The molecular weight excluding hydrogens is 288 g/mol. The van der Waals surface area contributed by atoms with E-state index >= 15 is 0 Å². The molecule has 3 unspecified atom stereocenters. The first-order valence-electron chi connectivity index (χ1n) is 9.31. The highest BCUT2D eigenvalue weighted by atomic mass is 14.3.